The number of halogens is 3. The summed E-state index contributed by atoms with van der Waals surface area (Å²) in [4.78, 5) is 0. The largest absolute Gasteiger partial charge is 0.416 e. The van der Waals surface area contributed by atoms with Crippen LogP contribution in [0.5, 0.6) is 0 Å². The highest BCUT2D eigenvalue weighted by Gasteiger charge is 2.30. The molecule has 0 saturated carbocycles. The fourth-order valence-corrected chi connectivity index (χ4v) is 1.43. The standard InChI is InChI=1S/C11H11F3N4O/c1-6-2-3-7(11(12,13)14)4-8(6)16-10-18-17-9(5-15)19-10/h2-4H,5,15H2,1H3,(H,16,18). The van der Waals surface area contributed by atoms with Crippen molar-refractivity contribution in [2.45, 2.75) is 19.6 Å². The van der Waals surface area contributed by atoms with Gasteiger partial charge in [-0.25, -0.2) is 0 Å². The highest BCUT2D eigenvalue weighted by Crippen LogP contribution is 2.32. The van der Waals surface area contributed by atoms with Crippen LogP contribution in [0, 0.1) is 6.92 Å². The predicted octanol–water partition coefficient (Wildman–Crippen LogP) is 2.60. The van der Waals surface area contributed by atoms with Gasteiger partial charge in [0.05, 0.1) is 12.1 Å². The van der Waals surface area contributed by atoms with E-state index in [1.807, 2.05) is 0 Å². The van der Waals surface area contributed by atoms with Gasteiger partial charge in [0.1, 0.15) is 0 Å². The Balaban J connectivity index is 2.28. The Morgan fingerprint density at radius 2 is 2.05 bits per heavy atom. The number of nitrogens with two attached hydrogens (primary N) is 1. The molecule has 1 aromatic carbocycles. The van der Waals surface area contributed by atoms with Crippen LogP contribution in [-0.4, -0.2) is 10.2 Å². The van der Waals surface area contributed by atoms with Crippen LogP contribution in [0.3, 0.4) is 0 Å². The van der Waals surface area contributed by atoms with Crippen LogP contribution >= 0.6 is 0 Å². The number of nitrogens with zero attached hydrogens (tertiary/aromatic N) is 2. The van der Waals surface area contributed by atoms with Crippen molar-refractivity contribution in [1.82, 2.24) is 10.2 Å². The maximum absolute atomic E-state index is 12.6. The summed E-state index contributed by atoms with van der Waals surface area (Å²) in [6, 6.07) is 3.37. The lowest BCUT2D eigenvalue weighted by molar-refractivity contribution is -0.137. The maximum Gasteiger partial charge on any atom is 0.416 e. The summed E-state index contributed by atoms with van der Waals surface area (Å²) in [5.41, 5.74) is 5.42. The molecule has 0 atom stereocenters. The second-order valence-electron chi connectivity index (χ2n) is 3.86. The molecule has 0 aliphatic rings. The fraction of sp³-hybridized carbons (Fsp3) is 0.273. The van der Waals surface area contributed by atoms with Crippen molar-refractivity contribution < 1.29 is 17.6 Å². The van der Waals surface area contributed by atoms with Crippen LogP contribution in [0.15, 0.2) is 22.6 Å². The van der Waals surface area contributed by atoms with E-state index in [0.717, 1.165) is 12.1 Å². The topological polar surface area (TPSA) is 77.0 Å². The highest BCUT2D eigenvalue weighted by molar-refractivity contribution is 5.58. The third-order valence-electron chi connectivity index (χ3n) is 2.45. The van der Waals surface area contributed by atoms with Gasteiger partial charge in [0.2, 0.25) is 5.89 Å². The first kappa shape index (κ1) is 13.3. The minimum Gasteiger partial charge on any atom is -0.406 e. The first-order chi connectivity index (χ1) is 8.90. The maximum atomic E-state index is 12.6. The van der Waals surface area contributed by atoms with E-state index in [9.17, 15) is 13.2 Å². The van der Waals surface area contributed by atoms with Gasteiger partial charge < -0.3 is 15.5 Å². The first-order valence-corrected chi connectivity index (χ1v) is 5.37. The van der Waals surface area contributed by atoms with Crippen molar-refractivity contribution in [2.75, 3.05) is 5.32 Å². The normalized spacial score (nSPS) is 11.6. The summed E-state index contributed by atoms with van der Waals surface area (Å²) in [6.45, 7) is 1.74. The molecule has 0 fully saturated rings. The number of aromatic nitrogens is 2. The van der Waals surface area contributed by atoms with Crippen molar-refractivity contribution >= 4 is 11.7 Å². The lowest BCUT2D eigenvalue weighted by Gasteiger charge is -2.11. The number of hydrogen-bond donors (Lipinski definition) is 2. The molecule has 5 nitrogen and oxygen atoms in total. The van der Waals surface area contributed by atoms with E-state index in [4.69, 9.17) is 10.2 Å². The van der Waals surface area contributed by atoms with Crippen LogP contribution in [0.2, 0.25) is 0 Å². The molecule has 19 heavy (non-hydrogen) atoms. The number of aryl methyl sites for hydroxylation is 1. The summed E-state index contributed by atoms with van der Waals surface area (Å²) in [5, 5.41) is 9.88. The average molecular weight is 272 g/mol. The van der Waals surface area contributed by atoms with Crippen LogP contribution in [0.25, 0.3) is 0 Å². The predicted molar refractivity (Wildman–Crippen MR) is 61.7 cm³/mol. The summed E-state index contributed by atoms with van der Waals surface area (Å²) in [6.07, 6.45) is -4.40. The quantitative estimate of drug-likeness (QED) is 0.898. The molecule has 0 aliphatic heterocycles. The molecule has 0 amide bonds. The third-order valence-corrected chi connectivity index (χ3v) is 2.45. The first-order valence-electron chi connectivity index (χ1n) is 5.37. The number of hydrogen-bond acceptors (Lipinski definition) is 5. The molecule has 2 aromatic rings. The minimum atomic E-state index is -4.40. The average Bonchev–Trinajstić information content (AvgIpc) is 2.78. The molecule has 102 valence electrons. The fourth-order valence-electron chi connectivity index (χ4n) is 1.43. The van der Waals surface area contributed by atoms with E-state index in [0.29, 0.717) is 5.56 Å². The SMILES string of the molecule is Cc1ccc(C(F)(F)F)cc1Nc1nnc(CN)o1. The second-order valence-corrected chi connectivity index (χ2v) is 3.86. The van der Waals surface area contributed by atoms with Gasteiger partial charge in [-0.2, -0.15) is 13.2 Å². The Morgan fingerprint density at radius 1 is 1.32 bits per heavy atom. The molecule has 0 spiro atoms. The smallest absolute Gasteiger partial charge is 0.406 e. The van der Waals surface area contributed by atoms with Crippen molar-refractivity contribution in [3.8, 4) is 0 Å². The molecule has 8 heteroatoms. The number of benzene rings is 1. The van der Waals surface area contributed by atoms with Gasteiger partial charge in [0.25, 0.3) is 0 Å². The Hall–Kier alpha value is -2.09. The zero-order chi connectivity index (χ0) is 14.0. The van der Waals surface area contributed by atoms with Crippen molar-refractivity contribution in [3.63, 3.8) is 0 Å². The van der Waals surface area contributed by atoms with Crippen LogP contribution in [-0.2, 0) is 12.7 Å². The van der Waals surface area contributed by atoms with Crippen LogP contribution in [0.1, 0.15) is 17.0 Å². The van der Waals surface area contributed by atoms with Crippen molar-refractivity contribution in [2.24, 2.45) is 5.73 Å². The monoisotopic (exact) mass is 272 g/mol. The van der Waals surface area contributed by atoms with Crippen molar-refractivity contribution in [1.29, 1.82) is 0 Å². The molecular weight excluding hydrogens is 261 g/mol. The molecule has 0 unspecified atom stereocenters. The highest BCUT2D eigenvalue weighted by atomic mass is 19.4. The van der Waals surface area contributed by atoms with Gasteiger partial charge in [-0.1, -0.05) is 11.2 Å². The van der Waals surface area contributed by atoms with Gasteiger partial charge in [0.15, 0.2) is 0 Å². The van der Waals surface area contributed by atoms with E-state index in [1.54, 1.807) is 6.92 Å². The molecule has 0 saturated heterocycles. The molecule has 3 N–H and O–H groups in total. The van der Waals surface area contributed by atoms with Crippen molar-refractivity contribution in [3.05, 3.63) is 35.2 Å². The van der Waals surface area contributed by atoms with Crippen LogP contribution in [0.4, 0.5) is 24.9 Å². The Labute approximate surface area is 106 Å². The lowest BCUT2D eigenvalue weighted by atomic mass is 10.1. The summed E-state index contributed by atoms with van der Waals surface area (Å²) in [5.74, 6) is 0.201. The second kappa shape index (κ2) is 4.88. The van der Waals surface area contributed by atoms with Gasteiger partial charge in [0, 0.05) is 5.69 Å². The number of nitrogens with one attached hydrogen (secondary N) is 1. The lowest BCUT2D eigenvalue weighted by Crippen LogP contribution is -2.06. The molecular formula is C11H11F3N4O. The number of rotatable bonds is 3. The molecule has 2 rings (SSSR count). The third kappa shape index (κ3) is 3.02. The Kier molecular flexibility index (Phi) is 3.43. The molecule has 0 aliphatic carbocycles. The van der Waals surface area contributed by atoms with Gasteiger partial charge in [-0.3, -0.25) is 0 Å². The minimum absolute atomic E-state index is 0.00266. The van der Waals surface area contributed by atoms with E-state index in [-0.39, 0.29) is 24.1 Å². The summed E-state index contributed by atoms with van der Waals surface area (Å²) < 4.78 is 42.9. The van der Waals surface area contributed by atoms with Crippen LogP contribution < -0.4 is 11.1 Å². The summed E-state index contributed by atoms with van der Waals surface area (Å²) >= 11 is 0. The molecule has 1 heterocycles. The van der Waals surface area contributed by atoms with Gasteiger partial charge >= 0.3 is 12.2 Å². The molecule has 0 radical (unpaired) electrons. The number of anilines is 2. The zero-order valence-corrected chi connectivity index (χ0v) is 9.95. The van der Waals surface area contributed by atoms with E-state index < -0.39 is 11.7 Å². The van der Waals surface area contributed by atoms with Gasteiger partial charge in [-0.15, -0.1) is 5.10 Å². The molecule has 1 aromatic heterocycles. The zero-order valence-electron chi connectivity index (χ0n) is 9.95. The van der Waals surface area contributed by atoms with E-state index in [2.05, 4.69) is 15.5 Å². The van der Waals surface area contributed by atoms with Gasteiger partial charge in [-0.05, 0) is 24.6 Å². The Bertz CT molecular complexity index is 580. The van der Waals surface area contributed by atoms with E-state index >= 15 is 0 Å². The number of alkyl halides is 3. The van der Waals surface area contributed by atoms with E-state index in [1.165, 1.54) is 6.07 Å². The summed E-state index contributed by atoms with van der Waals surface area (Å²) in [7, 11) is 0. The molecule has 0 bridgehead atoms. The Morgan fingerprint density at radius 3 is 2.63 bits per heavy atom.